The summed E-state index contributed by atoms with van der Waals surface area (Å²) in [4.78, 5) is 10.5. The Morgan fingerprint density at radius 3 is 2.54 bits per heavy atom. The molecule has 0 rings (SSSR count). The van der Waals surface area contributed by atoms with Crippen LogP contribution in [0.5, 0.6) is 0 Å². The molecule has 1 amide bonds. The Balaban J connectivity index is 3.22. The number of halogens is 3. The second-order valence-electron chi connectivity index (χ2n) is 2.22. The first-order valence-corrected chi connectivity index (χ1v) is 3.57. The van der Waals surface area contributed by atoms with Gasteiger partial charge in [0.2, 0.25) is 5.91 Å². The Hall–Kier alpha value is -0.820. The highest BCUT2D eigenvalue weighted by Gasteiger charge is 2.27. The molecule has 0 saturated carbocycles. The molecule has 0 radical (unpaired) electrons. The van der Waals surface area contributed by atoms with Crippen molar-refractivity contribution in [3.8, 4) is 0 Å². The first-order valence-electron chi connectivity index (χ1n) is 3.57. The minimum Gasteiger partial charge on any atom is -0.370 e. The van der Waals surface area contributed by atoms with Crippen molar-refractivity contribution in [2.24, 2.45) is 5.73 Å². The van der Waals surface area contributed by atoms with Crippen molar-refractivity contribution in [3.05, 3.63) is 0 Å². The van der Waals surface area contributed by atoms with Crippen LogP contribution in [0, 0.1) is 0 Å². The van der Waals surface area contributed by atoms with Crippen molar-refractivity contribution in [3.63, 3.8) is 0 Å². The molecule has 0 aromatic heterocycles. The van der Waals surface area contributed by atoms with Gasteiger partial charge in [0.1, 0.15) is 6.61 Å². The number of ether oxygens (including phenoxy) is 1. The van der Waals surface area contributed by atoms with Crippen LogP contribution in [0.4, 0.5) is 13.2 Å². The molecule has 13 heavy (non-hydrogen) atoms. The summed E-state index contributed by atoms with van der Waals surface area (Å²) in [6.45, 7) is -1.62. The Labute approximate surface area is 73.2 Å². The predicted molar refractivity (Wildman–Crippen MR) is 38.9 cm³/mol. The molecule has 0 spiro atoms. The SMILES string of the molecule is NCC(=O)NCCOCC(F)(F)F. The molecule has 0 bridgehead atoms. The van der Waals surface area contributed by atoms with Crippen LogP contribution in [0.3, 0.4) is 0 Å². The minimum absolute atomic E-state index is 0.0338. The zero-order valence-electron chi connectivity index (χ0n) is 6.86. The molecule has 3 N–H and O–H groups in total. The summed E-state index contributed by atoms with van der Waals surface area (Å²) in [5.41, 5.74) is 4.92. The molecule has 0 aliphatic rings. The predicted octanol–water partition coefficient (Wildman–Crippen LogP) is -0.360. The quantitative estimate of drug-likeness (QED) is 0.596. The van der Waals surface area contributed by atoms with Gasteiger partial charge in [0.05, 0.1) is 13.2 Å². The summed E-state index contributed by atoms with van der Waals surface area (Å²) in [6.07, 6.45) is -4.32. The maximum absolute atomic E-state index is 11.5. The molecule has 0 saturated heterocycles. The number of rotatable bonds is 5. The van der Waals surface area contributed by atoms with Gasteiger partial charge in [0.25, 0.3) is 0 Å². The molecule has 0 unspecified atom stereocenters. The van der Waals surface area contributed by atoms with E-state index in [1.165, 1.54) is 0 Å². The molecule has 0 heterocycles. The van der Waals surface area contributed by atoms with Gasteiger partial charge in [0.15, 0.2) is 0 Å². The van der Waals surface area contributed by atoms with E-state index in [1.807, 2.05) is 0 Å². The molecule has 0 fully saturated rings. The number of carbonyl (C=O) groups is 1. The third-order valence-electron chi connectivity index (χ3n) is 1.02. The summed E-state index contributed by atoms with van der Waals surface area (Å²) in [5, 5.41) is 2.26. The average molecular weight is 200 g/mol. The van der Waals surface area contributed by atoms with E-state index in [9.17, 15) is 18.0 Å². The second kappa shape index (κ2) is 5.76. The fourth-order valence-corrected chi connectivity index (χ4v) is 0.523. The number of carbonyl (C=O) groups excluding carboxylic acids is 1. The number of alkyl halides is 3. The van der Waals surface area contributed by atoms with Gasteiger partial charge >= 0.3 is 6.18 Å². The van der Waals surface area contributed by atoms with Crippen LogP contribution < -0.4 is 11.1 Å². The zero-order chi connectivity index (χ0) is 10.3. The fourth-order valence-electron chi connectivity index (χ4n) is 0.523. The number of hydrogen-bond donors (Lipinski definition) is 2. The third-order valence-corrected chi connectivity index (χ3v) is 1.02. The standard InChI is InChI=1S/C6H11F3N2O2/c7-6(8,9)4-13-2-1-11-5(12)3-10/h1-4,10H2,(H,11,12). The smallest absolute Gasteiger partial charge is 0.370 e. The second-order valence-corrected chi connectivity index (χ2v) is 2.22. The van der Waals surface area contributed by atoms with E-state index in [0.29, 0.717) is 0 Å². The Bertz CT molecular complexity index is 160. The largest absolute Gasteiger partial charge is 0.411 e. The van der Waals surface area contributed by atoms with Crippen molar-refractivity contribution in [2.45, 2.75) is 6.18 Å². The van der Waals surface area contributed by atoms with E-state index in [1.54, 1.807) is 0 Å². The zero-order valence-corrected chi connectivity index (χ0v) is 6.86. The van der Waals surface area contributed by atoms with E-state index < -0.39 is 18.7 Å². The van der Waals surface area contributed by atoms with Crippen LogP contribution >= 0.6 is 0 Å². The van der Waals surface area contributed by atoms with Gasteiger partial charge < -0.3 is 15.8 Å². The monoisotopic (exact) mass is 200 g/mol. The Kier molecular flexibility index (Phi) is 5.40. The highest BCUT2D eigenvalue weighted by molar-refractivity contribution is 5.77. The lowest BCUT2D eigenvalue weighted by atomic mass is 10.5. The first-order chi connectivity index (χ1) is 5.95. The maximum atomic E-state index is 11.5. The van der Waals surface area contributed by atoms with Crippen LogP contribution in [0.15, 0.2) is 0 Å². The highest BCUT2D eigenvalue weighted by atomic mass is 19.4. The van der Waals surface area contributed by atoms with Gasteiger partial charge in [-0.3, -0.25) is 4.79 Å². The number of nitrogens with one attached hydrogen (secondary N) is 1. The normalized spacial score (nSPS) is 11.4. The Morgan fingerprint density at radius 2 is 2.08 bits per heavy atom. The summed E-state index contributed by atoms with van der Waals surface area (Å²) in [7, 11) is 0. The number of hydrogen-bond acceptors (Lipinski definition) is 3. The van der Waals surface area contributed by atoms with Crippen molar-refractivity contribution in [1.29, 1.82) is 0 Å². The lowest BCUT2D eigenvalue weighted by molar-refractivity contribution is -0.173. The topological polar surface area (TPSA) is 64.4 Å². The summed E-state index contributed by atoms with van der Waals surface area (Å²) in [6, 6.07) is 0. The lowest BCUT2D eigenvalue weighted by Crippen LogP contribution is -2.33. The number of nitrogens with two attached hydrogens (primary N) is 1. The van der Waals surface area contributed by atoms with Crippen molar-refractivity contribution in [1.82, 2.24) is 5.32 Å². The van der Waals surface area contributed by atoms with E-state index in [4.69, 9.17) is 5.73 Å². The van der Waals surface area contributed by atoms with Crippen LogP contribution in [0.25, 0.3) is 0 Å². The van der Waals surface area contributed by atoms with Gasteiger partial charge in [-0.25, -0.2) is 0 Å². The van der Waals surface area contributed by atoms with Crippen LogP contribution in [0.2, 0.25) is 0 Å². The molecule has 0 atom stereocenters. The van der Waals surface area contributed by atoms with Crippen molar-refractivity contribution in [2.75, 3.05) is 26.3 Å². The van der Waals surface area contributed by atoms with Gasteiger partial charge in [-0.2, -0.15) is 13.2 Å². The average Bonchev–Trinajstić information content (AvgIpc) is 2.01. The summed E-state index contributed by atoms with van der Waals surface area (Å²) in [5.74, 6) is -0.421. The van der Waals surface area contributed by atoms with E-state index in [-0.39, 0.29) is 19.7 Å². The third kappa shape index (κ3) is 9.09. The number of amides is 1. The molecule has 0 aliphatic heterocycles. The molecular formula is C6H11F3N2O2. The minimum atomic E-state index is -4.32. The lowest BCUT2D eigenvalue weighted by Gasteiger charge is -2.07. The van der Waals surface area contributed by atoms with Crippen LogP contribution in [0.1, 0.15) is 0 Å². The molecule has 4 nitrogen and oxygen atoms in total. The molecule has 78 valence electrons. The summed E-state index contributed by atoms with van der Waals surface area (Å²) < 4.78 is 38.6. The molecule has 0 aromatic rings. The van der Waals surface area contributed by atoms with Gasteiger partial charge in [-0.15, -0.1) is 0 Å². The fraction of sp³-hybridized carbons (Fsp3) is 0.833. The molecule has 7 heteroatoms. The summed E-state index contributed by atoms with van der Waals surface area (Å²) >= 11 is 0. The van der Waals surface area contributed by atoms with Crippen LogP contribution in [-0.2, 0) is 9.53 Å². The van der Waals surface area contributed by atoms with E-state index in [0.717, 1.165) is 0 Å². The Morgan fingerprint density at radius 1 is 1.46 bits per heavy atom. The maximum Gasteiger partial charge on any atom is 0.411 e. The molecular weight excluding hydrogens is 189 g/mol. The first kappa shape index (κ1) is 12.2. The van der Waals surface area contributed by atoms with Gasteiger partial charge in [-0.1, -0.05) is 0 Å². The van der Waals surface area contributed by atoms with Gasteiger partial charge in [0, 0.05) is 6.54 Å². The van der Waals surface area contributed by atoms with Crippen molar-refractivity contribution < 1.29 is 22.7 Å². The van der Waals surface area contributed by atoms with Gasteiger partial charge in [-0.05, 0) is 0 Å². The van der Waals surface area contributed by atoms with Crippen LogP contribution in [-0.4, -0.2) is 38.4 Å². The molecule has 0 aromatic carbocycles. The van der Waals surface area contributed by atoms with Crippen molar-refractivity contribution >= 4 is 5.91 Å². The molecule has 0 aliphatic carbocycles. The van der Waals surface area contributed by atoms with E-state index in [2.05, 4.69) is 10.1 Å². The van der Waals surface area contributed by atoms with E-state index >= 15 is 0 Å². The highest BCUT2D eigenvalue weighted by Crippen LogP contribution is 2.13.